The number of aromatic nitrogens is 4. The summed E-state index contributed by atoms with van der Waals surface area (Å²) in [5, 5.41) is 16.1. The third-order valence-corrected chi connectivity index (χ3v) is 7.75. The van der Waals surface area contributed by atoms with Gasteiger partial charge < -0.3 is 10.2 Å². The van der Waals surface area contributed by atoms with E-state index in [1.807, 2.05) is 16.2 Å². The van der Waals surface area contributed by atoms with Gasteiger partial charge in [-0.3, -0.25) is 9.69 Å². The lowest BCUT2D eigenvalue weighted by atomic mass is 9.96. The van der Waals surface area contributed by atoms with Crippen LogP contribution in [0.15, 0.2) is 23.6 Å². The summed E-state index contributed by atoms with van der Waals surface area (Å²) in [6.07, 6.45) is -2.33. The number of fused-ring (bicyclic) bond motifs is 2. The highest BCUT2D eigenvalue weighted by Gasteiger charge is 2.38. The Bertz CT molecular complexity index is 1170. The van der Waals surface area contributed by atoms with Crippen LogP contribution in [0.3, 0.4) is 0 Å². The number of alkyl halides is 3. The average Bonchev–Trinajstić information content (AvgIpc) is 3.48. The number of rotatable bonds is 5. The van der Waals surface area contributed by atoms with Gasteiger partial charge in [-0.05, 0) is 55.3 Å². The molecule has 1 N–H and O–H groups in total. The number of thiophene rings is 1. The third kappa shape index (κ3) is 4.61. The van der Waals surface area contributed by atoms with Crippen LogP contribution in [0.25, 0.3) is 5.65 Å². The van der Waals surface area contributed by atoms with Crippen molar-refractivity contribution in [3.8, 4) is 0 Å². The molecule has 5 heterocycles. The van der Waals surface area contributed by atoms with Gasteiger partial charge in [-0.15, -0.1) is 26.6 Å². The molecular formula is C22H26F3N7OS. The minimum Gasteiger partial charge on any atom is -0.355 e. The van der Waals surface area contributed by atoms with Crippen LogP contribution in [-0.4, -0.2) is 62.8 Å². The summed E-state index contributed by atoms with van der Waals surface area (Å²) in [4.78, 5) is 18.5. The molecule has 3 aromatic rings. The topological polar surface area (TPSA) is 78.7 Å². The molecule has 0 aliphatic carbocycles. The Morgan fingerprint density at radius 1 is 1.21 bits per heavy atom. The molecule has 2 aliphatic rings. The molecule has 0 aromatic carbocycles. The van der Waals surface area contributed by atoms with Crippen LogP contribution in [0.1, 0.15) is 36.0 Å². The lowest BCUT2D eigenvalue weighted by molar-refractivity contribution is -0.146. The molecule has 3 aromatic heterocycles. The van der Waals surface area contributed by atoms with E-state index in [0.717, 1.165) is 24.0 Å². The van der Waals surface area contributed by atoms with Crippen molar-refractivity contribution >= 4 is 28.7 Å². The van der Waals surface area contributed by atoms with Gasteiger partial charge in [-0.2, -0.15) is 17.7 Å². The van der Waals surface area contributed by atoms with E-state index in [4.69, 9.17) is 0 Å². The van der Waals surface area contributed by atoms with Gasteiger partial charge in [0.05, 0.1) is 0 Å². The largest absolute Gasteiger partial charge is 0.453 e. The maximum Gasteiger partial charge on any atom is 0.453 e. The Hall–Kier alpha value is -2.73. The van der Waals surface area contributed by atoms with E-state index in [9.17, 15) is 18.0 Å². The molecule has 0 bridgehead atoms. The second-order valence-electron chi connectivity index (χ2n) is 8.93. The minimum atomic E-state index is -4.63. The summed E-state index contributed by atoms with van der Waals surface area (Å²) < 4.78 is 40.2. The van der Waals surface area contributed by atoms with Crippen LogP contribution < -0.4 is 10.2 Å². The number of carbonyl (C=O) groups is 1. The third-order valence-electron chi connectivity index (χ3n) is 6.72. The van der Waals surface area contributed by atoms with Crippen molar-refractivity contribution in [3.05, 3.63) is 39.8 Å². The number of anilines is 1. The van der Waals surface area contributed by atoms with Gasteiger partial charge in [0.1, 0.15) is 5.82 Å². The van der Waals surface area contributed by atoms with Crippen LogP contribution in [0.5, 0.6) is 0 Å². The van der Waals surface area contributed by atoms with Gasteiger partial charge in [0.15, 0.2) is 5.65 Å². The fraction of sp³-hybridized carbons (Fsp3) is 0.545. The zero-order chi connectivity index (χ0) is 23.9. The van der Waals surface area contributed by atoms with E-state index < -0.39 is 12.0 Å². The van der Waals surface area contributed by atoms with Crippen LogP contribution in [0.4, 0.5) is 19.0 Å². The van der Waals surface area contributed by atoms with Gasteiger partial charge in [0, 0.05) is 49.6 Å². The second kappa shape index (κ2) is 9.14. The fourth-order valence-electron chi connectivity index (χ4n) is 4.66. The highest BCUT2D eigenvalue weighted by Crippen LogP contribution is 2.29. The summed E-state index contributed by atoms with van der Waals surface area (Å²) >= 11 is 1.81. The molecule has 0 spiro atoms. The quantitative estimate of drug-likeness (QED) is 0.589. The number of nitrogens with one attached hydrogen (secondary N) is 1. The van der Waals surface area contributed by atoms with Gasteiger partial charge >= 0.3 is 6.18 Å². The molecule has 5 rings (SSSR count). The lowest BCUT2D eigenvalue weighted by Gasteiger charge is -2.34. The zero-order valence-corrected chi connectivity index (χ0v) is 19.6. The van der Waals surface area contributed by atoms with Gasteiger partial charge in [-0.1, -0.05) is 0 Å². The average molecular weight is 494 g/mol. The molecule has 34 heavy (non-hydrogen) atoms. The van der Waals surface area contributed by atoms with E-state index >= 15 is 0 Å². The Kier molecular flexibility index (Phi) is 6.19. The van der Waals surface area contributed by atoms with Crippen molar-refractivity contribution in [2.24, 2.45) is 5.92 Å². The number of piperidine rings is 1. The number of amides is 1. The second-order valence-corrected chi connectivity index (χ2v) is 9.93. The van der Waals surface area contributed by atoms with E-state index in [-0.39, 0.29) is 23.5 Å². The van der Waals surface area contributed by atoms with Crippen molar-refractivity contribution in [2.45, 2.75) is 44.9 Å². The van der Waals surface area contributed by atoms with Crippen LogP contribution in [0, 0.1) is 5.92 Å². The van der Waals surface area contributed by atoms with Crippen molar-refractivity contribution < 1.29 is 18.0 Å². The molecule has 8 nitrogen and oxygen atoms in total. The van der Waals surface area contributed by atoms with Crippen molar-refractivity contribution in [2.75, 3.05) is 31.1 Å². The zero-order valence-electron chi connectivity index (χ0n) is 18.8. The molecule has 12 heteroatoms. The van der Waals surface area contributed by atoms with Gasteiger partial charge in [-0.25, -0.2) is 0 Å². The summed E-state index contributed by atoms with van der Waals surface area (Å²) in [5.41, 5.74) is 1.44. The lowest BCUT2D eigenvalue weighted by Crippen LogP contribution is -2.47. The number of hydrogen-bond donors (Lipinski definition) is 1. The first-order valence-electron chi connectivity index (χ1n) is 11.4. The Morgan fingerprint density at radius 2 is 2.00 bits per heavy atom. The van der Waals surface area contributed by atoms with Gasteiger partial charge in [0.25, 0.3) is 5.82 Å². The predicted molar refractivity (Wildman–Crippen MR) is 122 cm³/mol. The maximum absolute atomic E-state index is 13.1. The SMILES string of the molecule is CC(CNC(=O)C1CCN(c2ccc3nnc(C(F)(F)F)n3n2)CC1)N1CCc2sccc2C1. The molecular weight excluding hydrogens is 467 g/mol. The predicted octanol–water partition coefficient (Wildman–Crippen LogP) is 2.98. The first-order chi connectivity index (χ1) is 16.3. The summed E-state index contributed by atoms with van der Waals surface area (Å²) in [5.74, 6) is -0.793. The van der Waals surface area contributed by atoms with Crippen molar-refractivity contribution in [1.82, 2.24) is 30.0 Å². The van der Waals surface area contributed by atoms with E-state index in [1.54, 1.807) is 6.07 Å². The molecule has 0 radical (unpaired) electrons. The molecule has 2 aliphatic heterocycles. The van der Waals surface area contributed by atoms with Crippen LogP contribution in [-0.2, 0) is 23.9 Å². The molecule has 1 amide bonds. The van der Waals surface area contributed by atoms with E-state index in [1.165, 1.54) is 16.5 Å². The molecule has 1 unspecified atom stereocenters. The molecule has 1 saturated heterocycles. The van der Waals surface area contributed by atoms with Crippen molar-refractivity contribution in [3.63, 3.8) is 0 Å². The molecule has 0 saturated carbocycles. The number of hydrogen-bond acceptors (Lipinski definition) is 7. The van der Waals surface area contributed by atoms with Crippen molar-refractivity contribution in [1.29, 1.82) is 0 Å². The standard InChI is InChI=1S/C22H26F3N7OS/c1-14(31-10-6-17-16(13-31)7-11-34-17)12-26-20(33)15-4-8-30(9-5-15)19-3-2-18-27-28-21(22(23,24)25)32(18)29-19/h2-3,7,11,14-15H,4-6,8-10,12-13H2,1H3,(H,26,33). The van der Waals surface area contributed by atoms with E-state index in [0.29, 0.717) is 38.3 Å². The molecule has 1 fully saturated rings. The Balaban J connectivity index is 1.14. The highest BCUT2D eigenvalue weighted by atomic mass is 32.1. The van der Waals surface area contributed by atoms with E-state index in [2.05, 4.69) is 43.9 Å². The molecule has 182 valence electrons. The van der Waals surface area contributed by atoms with Crippen LogP contribution >= 0.6 is 11.3 Å². The first-order valence-corrected chi connectivity index (χ1v) is 12.3. The fourth-order valence-corrected chi connectivity index (χ4v) is 5.55. The number of halogens is 3. The van der Waals surface area contributed by atoms with Crippen LogP contribution in [0.2, 0.25) is 0 Å². The Morgan fingerprint density at radius 3 is 2.76 bits per heavy atom. The number of carbonyl (C=O) groups excluding carboxylic acids is 1. The normalized spacial score (nSPS) is 18.8. The van der Waals surface area contributed by atoms with Gasteiger partial charge in [0.2, 0.25) is 5.91 Å². The number of nitrogens with zero attached hydrogens (tertiary/aromatic N) is 6. The smallest absolute Gasteiger partial charge is 0.355 e. The first kappa shape index (κ1) is 23.0. The maximum atomic E-state index is 13.1. The highest BCUT2D eigenvalue weighted by molar-refractivity contribution is 7.10. The summed E-state index contributed by atoms with van der Waals surface area (Å²) in [6, 6.07) is 5.55. The Labute approximate surface area is 198 Å². The molecule has 1 atom stereocenters. The minimum absolute atomic E-state index is 0.0429. The summed E-state index contributed by atoms with van der Waals surface area (Å²) in [6.45, 7) is 5.76. The summed E-state index contributed by atoms with van der Waals surface area (Å²) in [7, 11) is 0. The monoisotopic (exact) mass is 493 g/mol.